The third-order valence-electron chi connectivity index (χ3n) is 4.44. The van der Waals surface area contributed by atoms with E-state index in [4.69, 9.17) is 5.11 Å². The molecule has 1 fully saturated rings. The van der Waals surface area contributed by atoms with Crippen LogP contribution >= 0.6 is 0 Å². The molecule has 0 spiro atoms. The number of carboxylic acid groups (broad SMARTS) is 1. The smallest absolute Gasteiger partial charge is 0.328 e. The van der Waals surface area contributed by atoms with Crippen molar-refractivity contribution in [3.05, 3.63) is 47.7 Å². The van der Waals surface area contributed by atoms with Crippen LogP contribution in [0.5, 0.6) is 0 Å². The lowest BCUT2D eigenvalue weighted by molar-refractivity contribution is -0.131. The predicted octanol–water partition coefficient (Wildman–Crippen LogP) is 4.30. The molecule has 0 bridgehead atoms. The van der Waals surface area contributed by atoms with Crippen molar-refractivity contribution < 1.29 is 9.90 Å². The van der Waals surface area contributed by atoms with E-state index in [0.29, 0.717) is 0 Å². The summed E-state index contributed by atoms with van der Waals surface area (Å²) in [7, 11) is 0. The third-order valence-corrected chi connectivity index (χ3v) is 4.44. The normalized spacial score (nSPS) is 27.2. The number of nitrogens with zero attached hydrogens (tertiary/aromatic N) is 1. The molecule has 1 heterocycles. The molecular weight excluding hydrogens is 274 g/mol. The Bertz CT molecular complexity index is 494. The van der Waals surface area contributed by atoms with Crippen LogP contribution in [0, 0.1) is 5.92 Å². The lowest BCUT2D eigenvalue weighted by Crippen LogP contribution is -2.30. The summed E-state index contributed by atoms with van der Waals surface area (Å²) >= 11 is 0. The minimum atomic E-state index is -0.888. The van der Waals surface area contributed by atoms with Gasteiger partial charge in [0, 0.05) is 24.9 Å². The topological polar surface area (TPSA) is 40.5 Å². The molecule has 1 aliphatic carbocycles. The Morgan fingerprint density at radius 1 is 1.32 bits per heavy atom. The Kier molecular flexibility index (Phi) is 6.50. The molecule has 0 unspecified atom stereocenters. The quantitative estimate of drug-likeness (QED) is 0.787. The van der Waals surface area contributed by atoms with Crippen molar-refractivity contribution in [1.29, 1.82) is 0 Å². The summed E-state index contributed by atoms with van der Waals surface area (Å²) in [6.45, 7) is 4.00. The zero-order valence-electron chi connectivity index (χ0n) is 13.5. The fraction of sp³-hybridized carbons (Fsp3) is 0.526. The summed E-state index contributed by atoms with van der Waals surface area (Å²) in [5, 5.41) is 8.92. The first-order valence-corrected chi connectivity index (χ1v) is 8.34. The fourth-order valence-electron chi connectivity index (χ4n) is 3.19. The van der Waals surface area contributed by atoms with Crippen molar-refractivity contribution in [3.8, 4) is 0 Å². The second kappa shape index (κ2) is 8.62. The molecular formula is C19H27NO2. The Labute approximate surface area is 133 Å². The summed E-state index contributed by atoms with van der Waals surface area (Å²) in [6.07, 6.45) is 19.1. The molecule has 0 amide bonds. The van der Waals surface area contributed by atoms with Crippen molar-refractivity contribution >= 4 is 5.97 Å². The van der Waals surface area contributed by atoms with Crippen LogP contribution in [0.25, 0.3) is 0 Å². The molecule has 2 aliphatic rings. The largest absolute Gasteiger partial charge is 0.478 e. The number of aliphatic carboxylic acids is 1. The van der Waals surface area contributed by atoms with Gasteiger partial charge in [-0.25, -0.2) is 4.79 Å². The zero-order chi connectivity index (χ0) is 15.8. The lowest BCUT2D eigenvalue weighted by atomic mass is 9.89. The van der Waals surface area contributed by atoms with E-state index in [2.05, 4.69) is 36.1 Å². The van der Waals surface area contributed by atoms with E-state index >= 15 is 0 Å². The summed E-state index contributed by atoms with van der Waals surface area (Å²) in [4.78, 5) is 13.2. The van der Waals surface area contributed by atoms with Crippen LogP contribution in [0.2, 0.25) is 0 Å². The van der Waals surface area contributed by atoms with Crippen LogP contribution in [0.4, 0.5) is 0 Å². The second-order valence-electron chi connectivity index (χ2n) is 6.30. The summed E-state index contributed by atoms with van der Waals surface area (Å²) in [5.41, 5.74) is 2.30. The SMILES string of the molecule is CC1=C/CN(CC2CCCCC2)C(/C=C/C(=O)O)=C\C/C=C\1. The van der Waals surface area contributed by atoms with Gasteiger partial charge in [0.25, 0.3) is 0 Å². The van der Waals surface area contributed by atoms with Crippen molar-refractivity contribution in [2.24, 2.45) is 5.92 Å². The van der Waals surface area contributed by atoms with Gasteiger partial charge in [-0.1, -0.05) is 49.1 Å². The Hall–Kier alpha value is -1.77. The molecule has 3 nitrogen and oxygen atoms in total. The molecule has 0 radical (unpaired) electrons. The van der Waals surface area contributed by atoms with Gasteiger partial charge in [-0.15, -0.1) is 0 Å². The number of rotatable bonds is 4. The van der Waals surface area contributed by atoms with Crippen LogP contribution in [0.1, 0.15) is 45.4 Å². The highest BCUT2D eigenvalue weighted by Gasteiger charge is 2.18. The maximum absolute atomic E-state index is 10.9. The highest BCUT2D eigenvalue weighted by atomic mass is 16.4. The van der Waals surface area contributed by atoms with E-state index < -0.39 is 5.97 Å². The number of carboxylic acids is 1. The maximum atomic E-state index is 10.9. The molecule has 0 aromatic carbocycles. The monoisotopic (exact) mass is 301 g/mol. The molecule has 0 aromatic heterocycles. The van der Waals surface area contributed by atoms with Crippen molar-refractivity contribution in [3.63, 3.8) is 0 Å². The van der Waals surface area contributed by atoms with Crippen LogP contribution in [0.3, 0.4) is 0 Å². The van der Waals surface area contributed by atoms with Crippen molar-refractivity contribution in [2.75, 3.05) is 13.1 Å². The first kappa shape index (κ1) is 16.6. The van der Waals surface area contributed by atoms with E-state index in [1.807, 2.05) is 0 Å². The first-order chi connectivity index (χ1) is 10.6. The van der Waals surface area contributed by atoms with Gasteiger partial charge in [-0.2, -0.15) is 0 Å². The van der Waals surface area contributed by atoms with Crippen LogP contribution in [-0.4, -0.2) is 29.1 Å². The number of allylic oxidation sites excluding steroid dienone is 5. The highest BCUT2D eigenvalue weighted by Crippen LogP contribution is 2.26. The molecule has 2 rings (SSSR count). The van der Waals surface area contributed by atoms with E-state index in [1.165, 1.54) is 43.8 Å². The molecule has 3 heteroatoms. The minimum absolute atomic E-state index is 0.734. The maximum Gasteiger partial charge on any atom is 0.328 e. The molecule has 0 aromatic rings. The average molecular weight is 301 g/mol. The van der Waals surface area contributed by atoms with Gasteiger partial charge in [-0.05, 0) is 38.2 Å². The summed E-state index contributed by atoms with van der Waals surface area (Å²) in [5.74, 6) is -0.154. The average Bonchev–Trinajstić information content (AvgIpc) is 2.59. The lowest BCUT2D eigenvalue weighted by Gasteiger charge is -2.31. The van der Waals surface area contributed by atoms with Crippen molar-refractivity contribution in [1.82, 2.24) is 4.90 Å². The van der Waals surface area contributed by atoms with E-state index in [-0.39, 0.29) is 0 Å². The third kappa shape index (κ3) is 5.55. The summed E-state index contributed by atoms with van der Waals surface area (Å²) in [6, 6.07) is 0. The van der Waals surface area contributed by atoms with E-state index in [9.17, 15) is 4.79 Å². The number of hydrogen-bond donors (Lipinski definition) is 1. The van der Waals surface area contributed by atoms with Gasteiger partial charge >= 0.3 is 5.97 Å². The van der Waals surface area contributed by atoms with Gasteiger partial charge in [0.05, 0.1) is 0 Å². The molecule has 1 saturated carbocycles. The number of carbonyl (C=O) groups is 1. The van der Waals surface area contributed by atoms with E-state index in [1.54, 1.807) is 6.08 Å². The zero-order valence-corrected chi connectivity index (χ0v) is 13.5. The van der Waals surface area contributed by atoms with Gasteiger partial charge in [0.1, 0.15) is 0 Å². The fourth-order valence-corrected chi connectivity index (χ4v) is 3.19. The summed E-state index contributed by atoms with van der Waals surface area (Å²) < 4.78 is 0. The first-order valence-electron chi connectivity index (χ1n) is 8.34. The Balaban J connectivity index is 2.14. The molecule has 1 aliphatic heterocycles. The molecule has 120 valence electrons. The minimum Gasteiger partial charge on any atom is -0.478 e. The van der Waals surface area contributed by atoms with Crippen LogP contribution in [-0.2, 0) is 4.79 Å². The van der Waals surface area contributed by atoms with Gasteiger partial charge in [0.15, 0.2) is 0 Å². The number of hydrogen-bond acceptors (Lipinski definition) is 2. The standard InChI is InChI=1S/C19H27NO2/c1-16-7-5-6-10-18(11-12-19(21)22)20(14-13-16)15-17-8-3-2-4-9-17/h5,7,10-13,17H,2-4,6,8-9,14-15H2,1H3,(H,21,22)/b7-5-,12-11+,16-13-,18-10-. The Morgan fingerprint density at radius 3 is 2.82 bits per heavy atom. The van der Waals surface area contributed by atoms with Gasteiger partial charge in [-0.3, -0.25) is 0 Å². The Morgan fingerprint density at radius 2 is 2.09 bits per heavy atom. The molecule has 0 saturated heterocycles. The van der Waals surface area contributed by atoms with Gasteiger partial charge < -0.3 is 10.0 Å². The molecule has 22 heavy (non-hydrogen) atoms. The van der Waals surface area contributed by atoms with Crippen molar-refractivity contribution in [2.45, 2.75) is 45.4 Å². The van der Waals surface area contributed by atoms with Crippen LogP contribution in [0.15, 0.2) is 47.7 Å². The second-order valence-corrected chi connectivity index (χ2v) is 6.30. The molecule has 1 N–H and O–H groups in total. The highest BCUT2D eigenvalue weighted by molar-refractivity contribution is 5.80. The van der Waals surface area contributed by atoms with Crippen LogP contribution < -0.4 is 0 Å². The van der Waals surface area contributed by atoms with E-state index in [0.717, 1.165) is 31.1 Å². The molecule has 0 atom stereocenters. The van der Waals surface area contributed by atoms with Gasteiger partial charge in [0.2, 0.25) is 0 Å². The predicted molar refractivity (Wildman–Crippen MR) is 90.5 cm³/mol.